The van der Waals surface area contributed by atoms with Crippen LogP contribution in [-0.4, -0.2) is 6.54 Å². The van der Waals surface area contributed by atoms with E-state index in [1.165, 1.54) is 0 Å². The summed E-state index contributed by atoms with van der Waals surface area (Å²) in [7, 11) is 0. The highest BCUT2D eigenvalue weighted by Gasteiger charge is 2.43. The largest absolute Gasteiger partial charge is 0.327 e. The van der Waals surface area contributed by atoms with Gasteiger partial charge in [0.05, 0.1) is 6.04 Å². The summed E-state index contributed by atoms with van der Waals surface area (Å²) < 4.78 is 15.4. The van der Waals surface area contributed by atoms with Crippen LogP contribution in [0.15, 0.2) is 54.6 Å². The SMILES string of the molecule is NCC(F)(c1ccccc1)C1NCc2ccccc21. The van der Waals surface area contributed by atoms with Crippen LogP contribution in [0.25, 0.3) is 0 Å². The molecule has 0 saturated carbocycles. The molecule has 2 unspecified atom stereocenters. The van der Waals surface area contributed by atoms with Crippen LogP contribution in [0, 0.1) is 0 Å². The predicted molar refractivity (Wildman–Crippen MR) is 74.3 cm³/mol. The molecule has 2 nitrogen and oxygen atoms in total. The van der Waals surface area contributed by atoms with Crippen LogP contribution < -0.4 is 11.1 Å². The summed E-state index contributed by atoms with van der Waals surface area (Å²) in [6, 6.07) is 16.7. The van der Waals surface area contributed by atoms with E-state index in [0.717, 1.165) is 11.1 Å². The highest BCUT2D eigenvalue weighted by molar-refractivity contribution is 5.39. The first-order chi connectivity index (χ1) is 9.25. The summed E-state index contributed by atoms with van der Waals surface area (Å²) in [4.78, 5) is 0. The maximum absolute atomic E-state index is 15.4. The molecule has 0 amide bonds. The standard InChI is InChI=1S/C16H17FN2/c17-16(11-18,13-7-2-1-3-8-13)15-14-9-5-4-6-12(14)10-19-15/h1-9,15,19H,10-11,18H2. The van der Waals surface area contributed by atoms with Gasteiger partial charge in [-0.3, -0.25) is 0 Å². The Morgan fingerprint density at radius 2 is 1.79 bits per heavy atom. The summed E-state index contributed by atoms with van der Waals surface area (Å²) in [5, 5.41) is 3.26. The van der Waals surface area contributed by atoms with Gasteiger partial charge in [-0.25, -0.2) is 4.39 Å². The Kier molecular flexibility index (Phi) is 3.09. The smallest absolute Gasteiger partial charge is 0.167 e. The summed E-state index contributed by atoms with van der Waals surface area (Å²) in [5.74, 6) is 0. The molecule has 1 aliphatic heterocycles. The fourth-order valence-corrected chi connectivity index (χ4v) is 2.82. The van der Waals surface area contributed by atoms with E-state index in [9.17, 15) is 0 Å². The van der Waals surface area contributed by atoms with E-state index in [4.69, 9.17) is 5.73 Å². The van der Waals surface area contributed by atoms with Crippen molar-refractivity contribution in [2.45, 2.75) is 18.3 Å². The van der Waals surface area contributed by atoms with E-state index in [1.54, 1.807) is 12.1 Å². The van der Waals surface area contributed by atoms with Crippen LogP contribution in [0.1, 0.15) is 22.7 Å². The zero-order chi connectivity index (χ0) is 13.3. The Balaban J connectivity index is 2.05. The quantitative estimate of drug-likeness (QED) is 0.886. The van der Waals surface area contributed by atoms with Crippen molar-refractivity contribution in [3.8, 4) is 0 Å². The van der Waals surface area contributed by atoms with Gasteiger partial charge >= 0.3 is 0 Å². The van der Waals surface area contributed by atoms with Gasteiger partial charge in [0.1, 0.15) is 0 Å². The molecule has 3 rings (SSSR count). The first-order valence-electron chi connectivity index (χ1n) is 6.51. The third-order valence-electron chi connectivity index (χ3n) is 3.87. The van der Waals surface area contributed by atoms with Gasteiger partial charge in [-0.15, -0.1) is 0 Å². The lowest BCUT2D eigenvalue weighted by Crippen LogP contribution is -2.41. The molecular formula is C16H17FN2. The fraction of sp³-hybridized carbons (Fsp3) is 0.250. The molecule has 0 aliphatic carbocycles. The number of alkyl halides is 1. The van der Waals surface area contributed by atoms with Crippen LogP contribution in [0.5, 0.6) is 0 Å². The second-order valence-electron chi connectivity index (χ2n) is 4.95. The van der Waals surface area contributed by atoms with Crippen molar-refractivity contribution in [3.05, 3.63) is 71.3 Å². The van der Waals surface area contributed by atoms with E-state index >= 15 is 4.39 Å². The minimum absolute atomic E-state index is 0.0387. The molecule has 1 aliphatic rings. The Morgan fingerprint density at radius 3 is 2.53 bits per heavy atom. The maximum atomic E-state index is 15.4. The van der Waals surface area contributed by atoms with Crippen molar-refractivity contribution in [1.82, 2.24) is 5.32 Å². The first kappa shape index (κ1) is 12.3. The second kappa shape index (κ2) is 4.76. The second-order valence-corrected chi connectivity index (χ2v) is 4.95. The van der Waals surface area contributed by atoms with Crippen LogP contribution >= 0.6 is 0 Å². The van der Waals surface area contributed by atoms with E-state index in [2.05, 4.69) is 5.32 Å². The van der Waals surface area contributed by atoms with Gasteiger partial charge in [0.15, 0.2) is 5.67 Å². The van der Waals surface area contributed by atoms with Crippen molar-refractivity contribution in [3.63, 3.8) is 0 Å². The van der Waals surface area contributed by atoms with Gasteiger partial charge < -0.3 is 11.1 Å². The number of nitrogens with two attached hydrogens (primary N) is 1. The summed E-state index contributed by atoms with van der Waals surface area (Å²) in [5.41, 5.74) is 6.98. The van der Waals surface area contributed by atoms with Gasteiger partial charge in [0.25, 0.3) is 0 Å². The Morgan fingerprint density at radius 1 is 1.11 bits per heavy atom. The number of fused-ring (bicyclic) bond motifs is 1. The Bertz CT molecular complexity index is 570. The van der Waals surface area contributed by atoms with E-state index in [1.807, 2.05) is 42.5 Å². The van der Waals surface area contributed by atoms with Crippen molar-refractivity contribution in [2.75, 3.05) is 6.54 Å². The van der Waals surface area contributed by atoms with E-state index < -0.39 is 5.67 Å². The van der Waals surface area contributed by atoms with Gasteiger partial charge in [0.2, 0.25) is 0 Å². The molecule has 3 heteroatoms. The zero-order valence-corrected chi connectivity index (χ0v) is 10.6. The molecule has 98 valence electrons. The number of halogens is 1. The van der Waals surface area contributed by atoms with Crippen LogP contribution in [-0.2, 0) is 12.2 Å². The predicted octanol–water partition coefficient (Wildman–Crippen LogP) is 2.65. The average Bonchev–Trinajstić information content (AvgIpc) is 2.92. The van der Waals surface area contributed by atoms with E-state index in [0.29, 0.717) is 12.1 Å². The Hall–Kier alpha value is -1.71. The van der Waals surface area contributed by atoms with Crippen LogP contribution in [0.2, 0.25) is 0 Å². The third kappa shape index (κ3) is 1.95. The average molecular weight is 256 g/mol. The minimum atomic E-state index is -1.58. The molecule has 19 heavy (non-hydrogen) atoms. The fourth-order valence-electron chi connectivity index (χ4n) is 2.82. The molecule has 0 radical (unpaired) electrons. The van der Waals surface area contributed by atoms with Gasteiger partial charge in [-0.05, 0) is 16.7 Å². The molecule has 2 aromatic rings. The lowest BCUT2D eigenvalue weighted by Gasteiger charge is -2.31. The van der Waals surface area contributed by atoms with Crippen LogP contribution in [0.4, 0.5) is 4.39 Å². The highest BCUT2D eigenvalue weighted by atomic mass is 19.1. The molecule has 1 heterocycles. The lowest BCUT2D eigenvalue weighted by molar-refractivity contribution is 0.118. The molecule has 0 bridgehead atoms. The van der Waals surface area contributed by atoms with Gasteiger partial charge in [-0.2, -0.15) is 0 Å². The first-order valence-corrected chi connectivity index (χ1v) is 6.51. The number of nitrogens with one attached hydrogen (secondary N) is 1. The number of hydrogen-bond donors (Lipinski definition) is 2. The molecule has 0 fully saturated rings. The molecule has 0 aromatic heterocycles. The molecule has 2 atom stereocenters. The number of hydrogen-bond acceptors (Lipinski definition) is 2. The number of benzene rings is 2. The van der Waals surface area contributed by atoms with Crippen LogP contribution in [0.3, 0.4) is 0 Å². The normalized spacial score (nSPS) is 20.8. The van der Waals surface area contributed by atoms with Crippen molar-refractivity contribution in [1.29, 1.82) is 0 Å². The maximum Gasteiger partial charge on any atom is 0.167 e. The number of rotatable bonds is 3. The highest BCUT2D eigenvalue weighted by Crippen LogP contribution is 2.42. The van der Waals surface area contributed by atoms with Crippen molar-refractivity contribution < 1.29 is 4.39 Å². The van der Waals surface area contributed by atoms with Gasteiger partial charge in [-0.1, -0.05) is 54.6 Å². The lowest BCUT2D eigenvalue weighted by atomic mass is 9.84. The Labute approximate surface area is 112 Å². The molecule has 2 aromatic carbocycles. The minimum Gasteiger partial charge on any atom is -0.327 e. The monoisotopic (exact) mass is 256 g/mol. The summed E-state index contributed by atoms with van der Waals surface area (Å²) >= 11 is 0. The summed E-state index contributed by atoms with van der Waals surface area (Å²) in [6.07, 6.45) is 0. The molecular weight excluding hydrogens is 239 g/mol. The molecule has 3 N–H and O–H groups in total. The molecule has 0 spiro atoms. The van der Waals surface area contributed by atoms with Gasteiger partial charge in [0, 0.05) is 13.1 Å². The molecule has 0 saturated heterocycles. The topological polar surface area (TPSA) is 38.0 Å². The van der Waals surface area contributed by atoms with Crippen molar-refractivity contribution >= 4 is 0 Å². The summed E-state index contributed by atoms with van der Waals surface area (Å²) in [6.45, 7) is 0.655. The zero-order valence-electron chi connectivity index (χ0n) is 10.6. The van der Waals surface area contributed by atoms with Crippen molar-refractivity contribution in [2.24, 2.45) is 5.73 Å². The third-order valence-corrected chi connectivity index (χ3v) is 3.87. The van der Waals surface area contributed by atoms with E-state index in [-0.39, 0.29) is 12.6 Å².